The second-order valence-electron chi connectivity index (χ2n) is 6.72. The van der Waals surface area contributed by atoms with Crippen LogP contribution in [0, 0.1) is 17.3 Å². The normalized spacial score (nSPS) is 27.5. The van der Waals surface area contributed by atoms with Gasteiger partial charge in [0.1, 0.15) is 0 Å². The number of rotatable bonds is 4. The third kappa shape index (κ3) is 2.95. The lowest BCUT2D eigenvalue weighted by molar-refractivity contribution is 0.0881. The zero-order valence-electron chi connectivity index (χ0n) is 12.9. The van der Waals surface area contributed by atoms with Gasteiger partial charge >= 0.3 is 5.69 Å². The van der Waals surface area contributed by atoms with Gasteiger partial charge in [-0.2, -0.15) is 0 Å². The summed E-state index contributed by atoms with van der Waals surface area (Å²) in [6.07, 6.45) is 7.95. The van der Waals surface area contributed by atoms with Gasteiger partial charge in [-0.05, 0) is 49.1 Å². The first kappa shape index (κ1) is 15.2. The first-order valence-corrected chi connectivity index (χ1v) is 7.72. The van der Waals surface area contributed by atoms with Gasteiger partial charge in [0.25, 0.3) is 0 Å². The van der Waals surface area contributed by atoms with E-state index >= 15 is 0 Å². The van der Waals surface area contributed by atoms with Gasteiger partial charge in [0, 0.05) is 18.4 Å². The molecule has 0 bridgehead atoms. The molecule has 1 aromatic rings. The molecule has 1 fully saturated rings. The molecule has 1 aromatic heterocycles. The summed E-state index contributed by atoms with van der Waals surface area (Å²) in [6, 6.07) is 2.04. The third-order valence-electron chi connectivity index (χ3n) is 5.37. The average Bonchev–Trinajstić information content (AvgIpc) is 2.47. The molecule has 112 valence electrons. The van der Waals surface area contributed by atoms with Crippen molar-refractivity contribution >= 4 is 0 Å². The Balaban J connectivity index is 2.28. The molecule has 4 nitrogen and oxygen atoms in total. The smallest absolute Gasteiger partial charge is 0.330 e. The van der Waals surface area contributed by atoms with E-state index in [1.807, 2.05) is 12.3 Å². The molecule has 0 amide bonds. The summed E-state index contributed by atoms with van der Waals surface area (Å²) in [4.78, 5) is 15.9. The average molecular weight is 277 g/mol. The SMILES string of the molecule is CCC(C)(C)C1CCC(CN)C(n2cccnc2=O)C1. The quantitative estimate of drug-likeness (QED) is 0.920. The van der Waals surface area contributed by atoms with E-state index < -0.39 is 0 Å². The monoisotopic (exact) mass is 277 g/mol. The van der Waals surface area contributed by atoms with Crippen LogP contribution in [0.5, 0.6) is 0 Å². The zero-order chi connectivity index (χ0) is 14.8. The molecular weight excluding hydrogens is 250 g/mol. The Morgan fingerprint density at radius 3 is 2.80 bits per heavy atom. The molecule has 3 atom stereocenters. The fraction of sp³-hybridized carbons (Fsp3) is 0.750. The Bertz CT molecular complexity index is 494. The third-order valence-corrected chi connectivity index (χ3v) is 5.37. The lowest BCUT2D eigenvalue weighted by Gasteiger charge is -2.43. The van der Waals surface area contributed by atoms with Crippen LogP contribution in [0.4, 0.5) is 0 Å². The highest BCUT2D eigenvalue weighted by Crippen LogP contribution is 2.45. The van der Waals surface area contributed by atoms with Crippen LogP contribution in [0.15, 0.2) is 23.3 Å². The minimum atomic E-state index is -0.147. The molecular formula is C16H27N3O. The van der Waals surface area contributed by atoms with Crippen molar-refractivity contribution in [2.75, 3.05) is 6.54 Å². The summed E-state index contributed by atoms with van der Waals surface area (Å²) in [6.45, 7) is 7.57. The van der Waals surface area contributed by atoms with E-state index in [0.29, 0.717) is 23.8 Å². The number of nitrogens with zero attached hydrogens (tertiary/aromatic N) is 2. The molecule has 4 heteroatoms. The van der Waals surface area contributed by atoms with Gasteiger partial charge in [-0.1, -0.05) is 27.2 Å². The van der Waals surface area contributed by atoms with Crippen molar-refractivity contribution in [3.05, 3.63) is 28.9 Å². The number of hydrogen-bond donors (Lipinski definition) is 1. The Labute approximate surface area is 121 Å². The lowest BCUT2D eigenvalue weighted by atomic mass is 9.66. The molecule has 3 unspecified atom stereocenters. The van der Waals surface area contributed by atoms with E-state index in [2.05, 4.69) is 25.8 Å². The first-order valence-electron chi connectivity index (χ1n) is 7.72. The lowest BCUT2D eigenvalue weighted by Crippen LogP contribution is -2.40. The number of nitrogens with two attached hydrogens (primary N) is 1. The van der Waals surface area contributed by atoms with Gasteiger partial charge in [-0.15, -0.1) is 0 Å². The predicted octanol–water partition coefficient (Wildman–Crippen LogP) is 2.60. The molecule has 2 N–H and O–H groups in total. The van der Waals surface area contributed by atoms with Crippen molar-refractivity contribution in [1.82, 2.24) is 9.55 Å². The molecule has 1 saturated carbocycles. The van der Waals surface area contributed by atoms with E-state index in [9.17, 15) is 4.79 Å². The fourth-order valence-electron chi connectivity index (χ4n) is 3.44. The van der Waals surface area contributed by atoms with E-state index in [1.54, 1.807) is 10.8 Å². The number of hydrogen-bond acceptors (Lipinski definition) is 3. The van der Waals surface area contributed by atoms with Gasteiger partial charge in [-0.25, -0.2) is 9.78 Å². The molecule has 0 saturated heterocycles. The van der Waals surface area contributed by atoms with Crippen molar-refractivity contribution in [3.8, 4) is 0 Å². The van der Waals surface area contributed by atoms with Crippen LogP contribution in [0.25, 0.3) is 0 Å². The Morgan fingerprint density at radius 1 is 1.45 bits per heavy atom. The highest BCUT2D eigenvalue weighted by atomic mass is 16.1. The molecule has 1 aliphatic rings. The highest BCUT2D eigenvalue weighted by molar-refractivity contribution is 4.93. The van der Waals surface area contributed by atoms with Gasteiger partial charge in [0.05, 0.1) is 0 Å². The maximum absolute atomic E-state index is 12.0. The summed E-state index contributed by atoms with van der Waals surface area (Å²) in [5.74, 6) is 1.04. The van der Waals surface area contributed by atoms with Crippen LogP contribution >= 0.6 is 0 Å². The second-order valence-corrected chi connectivity index (χ2v) is 6.72. The molecule has 0 aromatic carbocycles. The minimum absolute atomic E-state index is 0.147. The Hall–Kier alpha value is -1.16. The summed E-state index contributed by atoms with van der Waals surface area (Å²) in [7, 11) is 0. The van der Waals surface area contributed by atoms with Crippen molar-refractivity contribution in [2.24, 2.45) is 23.0 Å². The van der Waals surface area contributed by atoms with Crippen molar-refractivity contribution in [3.63, 3.8) is 0 Å². The van der Waals surface area contributed by atoms with Crippen LogP contribution in [0.2, 0.25) is 0 Å². The Kier molecular flexibility index (Phi) is 4.63. The van der Waals surface area contributed by atoms with Crippen LogP contribution in [0.1, 0.15) is 52.5 Å². The molecule has 1 heterocycles. The molecule has 20 heavy (non-hydrogen) atoms. The summed E-state index contributed by atoms with van der Waals surface area (Å²) in [5, 5.41) is 0. The van der Waals surface area contributed by atoms with Crippen LogP contribution in [-0.4, -0.2) is 16.1 Å². The van der Waals surface area contributed by atoms with Gasteiger partial charge in [0.15, 0.2) is 0 Å². The molecule has 0 radical (unpaired) electrons. The maximum atomic E-state index is 12.0. The van der Waals surface area contributed by atoms with Crippen molar-refractivity contribution in [1.29, 1.82) is 0 Å². The van der Waals surface area contributed by atoms with E-state index in [1.165, 1.54) is 12.8 Å². The topological polar surface area (TPSA) is 60.9 Å². The van der Waals surface area contributed by atoms with Crippen LogP contribution < -0.4 is 11.4 Å². The molecule has 0 spiro atoms. The largest absolute Gasteiger partial charge is 0.347 e. The van der Waals surface area contributed by atoms with E-state index in [4.69, 9.17) is 5.73 Å². The standard InChI is InChI=1S/C16H27N3O/c1-4-16(2,3)13-7-6-12(11-17)14(10-13)19-9-5-8-18-15(19)20/h5,8-9,12-14H,4,6-7,10-11,17H2,1-3H3. The highest BCUT2D eigenvalue weighted by Gasteiger charge is 2.37. The van der Waals surface area contributed by atoms with Gasteiger partial charge < -0.3 is 5.73 Å². The fourth-order valence-corrected chi connectivity index (χ4v) is 3.44. The Morgan fingerprint density at radius 2 is 2.20 bits per heavy atom. The molecule has 1 aliphatic carbocycles. The second kappa shape index (κ2) is 6.08. The zero-order valence-corrected chi connectivity index (χ0v) is 12.9. The van der Waals surface area contributed by atoms with Crippen LogP contribution in [-0.2, 0) is 0 Å². The van der Waals surface area contributed by atoms with Gasteiger partial charge in [-0.3, -0.25) is 4.57 Å². The summed E-state index contributed by atoms with van der Waals surface area (Å²) in [5.41, 5.74) is 6.11. The first-order chi connectivity index (χ1) is 9.49. The van der Waals surface area contributed by atoms with E-state index in [-0.39, 0.29) is 11.7 Å². The molecule has 2 rings (SSSR count). The molecule has 0 aliphatic heterocycles. The maximum Gasteiger partial charge on any atom is 0.347 e. The van der Waals surface area contributed by atoms with Crippen molar-refractivity contribution < 1.29 is 0 Å². The predicted molar refractivity (Wildman–Crippen MR) is 81.5 cm³/mol. The summed E-state index contributed by atoms with van der Waals surface area (Å²) >= 11 is 0. The minimum Gasteiger partial charge on any atom is -0.330 e. The van der Waals surface area contributed by atoms with Crippen molar-refractivity contribution in [2.45, 2.75) is 52.5 Å². The summed E-state index contributed by atoms with van der Waals surface area (Å²) < 4.78 is 1.80. The number of aromatic nitrogens is 2. The van der Waals surface area contributed by atoms with Crippen LogP contribution in [0.3, 0.4) is 0 Å². The van der Waals surface area contributed by atoms with Gasteiger partial charge in [0.2, 0.25) is 0 Å². The van der Waals surface area contributed by atoms with E-state index in [0.717, 1.165) is 12.8 Å².